The molecule has 1 aliphatic heterocycles. The molecular formula is C13H14BrFN4O. The molecule has 1 aliphatic rings. The van der Waals surface area contributed by atoms with Gasteiger partial charge >= 0.3 is 5.69 Å². The number of rotatable bonds is 2. The van der Waals surface area contributed by atoms with E-state index in [0.717, 1.165) is 16.8 Å². The number of halogens is 2. The summed E-state index contributed by atoms with van der Waals surface area (Å²) in [5.41, 5.74) is 0.498. The van der Waals surface area contributed by atoms with E-state index in [1.54, 1.807) is 10.6 Å². The number of aromatic amines is 1. The minimum absolute atomic E-state index is 0.170. The first kappa shape index (κ1) is 13.5. The van der Waals surface area contributed by atoms with E-state index in [4.69, 9.17) is 0 Å². The molecule has 5 nitrogen and oxygen atoms in total. The van der Waals surface area contributed by atoms with Crippen LogP contribution in [0.5, 0.6) is 0 Å². The van der Waals surface area contributed by atoms with Crippen LogP contribution in [0.3, 0.4) is 0 Å². The maximum atomic E-state index is 13.8. The molecule has 0 unspecified atom stereocenters. The van der Waals surface area contributed by atoms with Gasteiger partial charge in [-0.2, -0.15) is 5.10 Å². The molecule has 7 heteroatoms. The second-order valence-corrected chi connectivity index (χ2v) is 5.77. The number of aromatic nitrogens is 3. The molecule has 0 amide bonds. The van der Waals surface area contributed by atoms with Gasteiger partial charge in [-0.1, -0.05) is 22.0 Å². The zero-order valence-electron chi connectivity index (χ0n) is 10.8. The Bertz CT molecular complexity index is 681. The summed E-state index contributed by atoms with van der Waals surface area (Å²) in [6.07, 6.45) is 0.691. The highest BCUT2D eigenvalue weighted by atomic mass is 79.9. The molecule has 0 bridgehead atoms. The average Bonchev–Trinajstić information content (AvgIpc) is 2.65. The molecule has 1 N–H and O–H groups in total. The Morgan fingerprint density at radius 1 is 1.35 bits per heavy atom. The average molecular weight is 341 g/mol. The quantitative estimate of drug-likeness (QED) is 0.901. The summed E-state index contributed by atoms with van der Waals surface area (Å²) in [5.74, 6) is 0.563. The normalized spacial score (nSPS) is 15.9. The van der Waals surface area contributed by atoms with Crippen molar-refractivity contribution < 1.29 is 4.39 Å². The van der Waals surface area contributed by atoms with E-state index >= 15 is 0 Å². The van der Waals surface area contributed by atoms with E-state index in [1.165, 1.54) is 6.07 Å². The summed E-state index contributed by atoms with van der Waals surface area (Å²) >= 11 is 3.25. The van der Waals surface area contributed by atoms with Crippen molar-refractivity contribution in [3.8, 4) is 0 Å². The van der Waals surface area contributed by atoms with E-state index in [-0.39, 0.29) is 11.5 Å². The number of nitrogens with zero attached hydrogens (tertiary/aromatic N) is 3. The van der Waals surface area contributed by atoms with E-state index in [2.05, 4.69) is 31.0 Å². The first-order chi connectivity index (χ1) is 9.63. The van der Waals surface area contributed by atoms with Crippen LogP contribution in [-0.4, -0.2) is 32.8 Å². The molecule has 20 heavy (non-hydrogen) atoms. The van der Waals surface area contributed by atoms with Crippen LogP contribution in [-0.2, 0) is 19.5 Å². The lowest BCUT2D eigenvalue weighted by molar-refractivity contribution is 0.266. The summed E-state index contributed by atoms with van der Waals surface area (Å²) in [7, 11) is 0. The van der Waals surface area contributed by atoms with Crippen LogP contribution < -0.4 is 5.69 Å². The van der Waals surface area contributed by atoms with Crippen LogP contribution in [0.25, 0.3) is 0 Å². The van der Waals surface area contributed by atoms with Crippen LogP contribution in [0.2, 0.25) is 0 Å². The fourth-order valence-corrected chi connectivity index (χ4v) is 2.77. The van der Waals surface area contributed by atoms with Crippen LogP contribution in [0.4, 0.5) is 4.39 Å². The number of H-pyrrole nitrogens is 1. The highest BCUT2D eigenvalue weighted by Gasteiger charge is 2.17. The lowest BCUT2D eigenvalue weighted by atomic mass is 10.2. The lowest BCUT2D eigenvalue weighted by Crippen LogP contribution is -2.28. The number of benzene rings is 1. The third kappa shape index (κ3) is 2.69. The van der Waals surface area contributed by atoms with Crippen molar-refractivity contribution in [1.29, 1.82) is 0 Å². The molecule has 1 aromatic heterocycles. The fraction of sp³-hybridized carbons (Fsp3) is 0.385. The Kier molecular flexibility index (Phi) is 3.71. The van der Waals surface area contributed by atoms with Gasteiger partial charge in [0.2, 0.25) is 0 Å². The molecule has 0 aliphatic carbocycles. The highest BCUT2D eigenvalue weighted by molar-refractivity contribution is 9.10. The molecule has 2 heterocycles. The van der Waals surface area contributed by atoms with Gasteiger partial charge in [-0.05, 0) is 12.1 Å². The molecule has 0 saturated heterocycles. The molecular weight excluding hydrogens is 327 g/mol. The van der Waals surface area contributed by atoms with Crippen molar-refractivity contribution in [1.82, 2.24) is 19.7 Å². The highest BCUT2D eigenvalue weighted by Crippen LogP contribution is 2.17. The molecule has 0 saturated carbocycles. The zero-order chi connectivity index (χ0) is 14.1. The fourth-order valence-electron chi connectivity index (χ4n) is 2.43. The summed E-state index contributed by atoms with van der Waals surface area (Å²) in [6, 6.07) is 5.10. The Morgan fingerprint density at radius 2 is 2.20 bits per heavy atom. The van der Waals surface area contributed by atoms with Crippen LogP contribution in [0, 0.1) is 5.82 Å². The van der Waals surface area contributed by atoms with E-state index < -0.39 is 0 Å². The molecule has 0 atom stereocenters. The lowest BCUT2D eigenvalue weighted by Gasteiger charge is -2.19. The van der Waals surface area contributed by atoms with Gasteiger partial charge in [0, 0.05) is 42.6 Å². The Balaban J connectivity index is 1.72. The molecule has 106 valence electrons. The Labute approximate surface area is 123 Å². The maximum Gasteiger partial charge on any atom is 0.343 e. The van der Waals surface area contributed by atoms with Gasteiger partial charge in [-0.3, -0.25) is 9.47 Å². The predicted molar refractivity (Wildman–Crippen MR) is 75.9 cm³/mol. The van der Waals surface area contributed by atoms with Crippen molar-refractivity contribution in [2.75, 3.05) is 13.1 Å². The van der Waals surface area contributed by atoms with E-state index in [1.807, 2.05) is 6.07 Å². The van der Waals surface area contributed by atoms with Crippen LogP contribution in [0.15, 0.2) is 27.5 Å². The zero-order valence-corrected chi connectivity index (χ0v) is 12.4. The predicted octanol–water partition coefficient (Wildman–Crippen LogP) is 1.53. The summed E-state index contributed by atoms with van der Waals surface area (Å²) < 4.78 is 16.2. The second kappa shape index (κ2) is 5.49. The molecule has 0 fully saturated rings. The van der Waals surface area contributed by atoms with Gasteiger partial charge in [0.15, 0.2) is 0 Å². The third-order valence-corrected chi connectivity index (χ3v) is 4.03. The summed E-state index contributed by atoms with van der Waals surface area (Å²) in [5, 5.41) is 6.47. The maximum absolute atomic E-state index is 13.8. The van der Waals surface area contributed by atoms with Gasteiger partial charge in [0.1, 0.15) is 11.6 Å². The van der Waals surface area contributed by atoms with Crippen LogP contribution in [0.1, 0.15) is 11.4 Å². The topological polar surface area (TPSA) is 53.9 Å². The smallest absolute Gasteiger partial charge is 0.297 e. The largest absolute Gasteiger partial charge is 0.343 e. The van der Waals surface area contributed by atoms with Crippen molar-refractivity contribution in [2.24, 2.45) is 0 Å². The SMILES string of the molecule is O=c1[nH]nc2n1CCN(Cc1ccc(Br)cc1F)CC2. The van der Waals surface area contributed by atoms with Crippen LogP contribution >= 0.6 is 15.9 Å². The molecule has 0 radical (unpaired) electrons. The molecule has 2 aromatic rings. The van der Waals surface area contributed by atoms with Gasteiger partial charge in [-0.25, -0.2) is 14.3 Å². The van der Waals surface area contributed by atoms with Crippen molar-refractivity contribution in [3.63, 3.8) is 0 Å². The van der Waals surface area contributed by atoms with Crippen molar-refractivity contribution in [2.45, 2.75) is 19.5 Å². The number of nitrogens with one attached hydrogen (secondary N) is 1. The summed E-state index contributed by atoms with van der Waals surface area (Å²) in [6.45, 7) is 2.60. The van der Waals surface area contributed by atoms with E-state index in [9.17, 15) is 9.18 Å². The van der Waals surface area contributed by atoms with Crippen molar-refractivity contribution in [3.05, 3.63) is 50.4 Å². The molecule has 3 rings (SSSR count). The first-order valence-corrected chi connectivity index (χ1v) is 7.23. The first-order valence-electron chi connectivity index (χ1n) is 6.44. The number of hydrogen-bond donors (Lipinski definition) is 1. The second-order valence-electron chi connectivity index (χ2n) is 4.86. The Hall–Kier alpha value is -1.47. The molecule has 1 aromatic carbocycles. The standard InChI is InChI=1S/C13H14BrFN4O/c14-10-2-1-9(11(15)7-10)8-18-4-3-12-16-17-13(20)19(12)6-5-18/h1-2,7H,3-6,8H2,(H,17,20). The summed E-state index contributed by atoms with van der Waals surface area (Å²) in [4.78, 5) is 13.7. The van der Waals surface area contributed by atoms with Gasteiger partial charge in [0.05, 0.1) is 0 Å². The van der Waals surface area contributed by atoms with Crippen molar-refractivity contribution >= 4 is 15.9 Å². The molecule has 0 spiro atoms. The Morgan fingerprint density at radius 3 is 3.00 bits per heavy atom. The van der Waals surface area contributed by atoms with Gasteiger partial charge < -0.3 is 0 Å². The number of hydrogen-bond acceptors (Lipinski definition) is 3. The monoisotopic (exact) mass is 340 g/mol. The number of fused-ring (bicyclic) bond motifs is 1. The van der Waals surface area contributed by atoms with E-state index in [0.29, 0.717) is 31.6 Å². The minimum atomic E-state index is -0.209. The van der Waals surface area contributed by atoms with Gasteiger partial charge in [0.25, 0.3) is 0 Å². The third-order valence-electron chi connectivity index (χ3n) is 3.54. The van der Waals surface area contributed by atoms with Gasteiger partial charge in [-0.15, -0.1) is 0 Å². The minimum Gasteiger partial charge on any atom is -0.297 e.